The minimum atomic E-state index is -0.581. The first-order valence-electron chi connectivity index (χ1n) is 15.2. The molecular weight excluding hydrogens is 556 g/mol. The fraction of sp³-hybridized carbons (Fsp3) is 0.471. The predicted molar refractivity (Wildman–Crippen MR) is 169 cm³/mol. The molecule has 5 atom stereocenters. The van der Waals surface area contributed by atoms with Crippen LogP contribution in [-0.4, -0.2) is 83.0 Å². The second-order valence-corrected chi connectivity index (χ2v) is 11.4. The van der Waals surface area contributed by atoms with Gasteiger partial charge >= 0.3 is 0 Å². The number of azo groups is 4. The van der Waals surface area contributed by atoms with Crippen molar-refractivity contribution >= 4 is 11.6 Å². The van der Waals surface area contributed by atoms with Gasteiger partial charge in [-0.15, -0.1) is 0 Å². The van der Waals surface area contributed by atoms with Gasteiger partial charge in [-0.05, 0) is 42.1 Å². The standard InChI is InChI=1S/2C17H24N3O2/c1-12(17(22)14-7-5-4-6-8-14)18-10-9-16(21)15-11-19-20(3)13(15)2;1-12-15(11-20(3)19-12)16(21)9-10-18-13(2)17(22)14-7-5-4-6-8-14/h4-8,12,17-18,22H,9-11H2,1-3H3;4-8,11-13,17-18,22H,9-10H2,1-3H3/q2*+1. The van der Waals surface area contributed by atoms with Gasteiger partial charge < -0.3 is 20.8 Å². The Kier molecular flexibility index (Phi) is 13.4. The van der Waals surface area contributed by atoms with E-state index in [-0.39, 0.29) is 29.7 Å². The fourth-order valence-corrected chi connectivity index (χ4v) is 5.09. The van der Waals surface area contributed by atoms with E-state index in [9.17, 15) is 19.8 Å². The zero-order valence-corrected chi connectivity index (χ0v) is 26.8. The van der Waals surface area contributed by atoms with Gasteiger partial charge in [-0.1, -0.05) is 70.1 Å². The SMILES string of the molecule is CC1=C(C(=O)CCNC(C)C(O)c2ccccc2)CN=[N+]1C.CC1N=[N+](C)C=C1C(=O)CCNC(C)C(O)c1ccccc1. The highest BCUT2D eigenvalue weighted by Gasteiger charge is 2.27. The zero-order valence-electron chi connectivity index (χ0n) is 26.8. The molecule has 0 spiro atoms. The first-order chi connectivity index (χ1) is 21.0. The molecule has 0 amide bonds. The first kappa shape index (κ1) is 34.8. The molecule has 2 heterocycles. The minimum absolute atomic E-state index is 0.0650. The number of benzene rings is 2. The summed E-state index contributed by atoms with van der Waals surface area (Å²) in [6, 6.07) is 18.8. The van der Waals surface area contributed by atoms with E-state index in [4.69, 9.17) is 0 Å². The third-order valence-electron chi connectivity index (χ3n) is 8.02. The quantitative estimate of drug-likeness (QED) is 0.241. The Hall–Kier alpha value is -3.70. The molecule has 2 aliphatic rings. The van der Waals surface area contributed by atoms with Crippen LogP contribution in [0.4, 0.5) is 0 Å². The van der Waals surface area contributed by atoms with Crippen molar-refractivity contribution in [1.29, 1.82) is 0 Å². The Balaban J connectivity index is 0.000000240. The maximum atomic E-state index is 12.2. The lowest BCUT2D eigenvalue weighted by molar-refractivity contribution is -0.510. The summed E-state index contributed by atoms with van der Waals surface area (Å²) in [5.74, 6) is 0.231. The molecule has 10 heteroatoms. The number of allylic oxidation sites excluding steroid dienone is 1. The molecule has 10 nitrogen and oxygen atoms in total. The van der Waals surface area contributed by atoms with E-state index in [0.29, 0.717) is 32.5 Å². The molecule has 0 aliphatic carbocycles. The number of aliphatic hydroxyl groups excluding tert-OH is 2. The lowest BCUT2D eigenvalue weighted by atomic mass is 10.0. The van der Waals surface area contributed by atoms with Gasteiger partial charge in [0.15, 0.2) is 25.7 Å². The Bertz CT molecular complexity index is 1390. The maximum absolute atomic E-state index is 12.2. The van der Waals surface area contributed by atoms with E-state index in [0.717, 1.165) is 28.0 Å². The average Bonchev–Trinajstić information content (AvgIpc) is 3.56. The number of hydrogen-bond donors (Lipinski definition) is 4. The number of nitrogens with one attached hydrogen (secondary N) is 2. The van der Waals surface area contributed by atoms with Crippen LogP contribution in [0.5, 0.6) is 0 Å². The van der Waals surface area contributed by atoms with Gasteiger partial charge in [0.25, 0.3) is 0 Å². The number of hydrogen-bond acceptors (Lipinski definition) is 8. The summed E-state index contributed by atoms with van der Waals surface area (Å²) in [6.45, 7) is 9.24. The number of nitrogens with zero attached hydrogens (tertiary/aromatic N) is 4. The molecule has 0 bridgehead atoms. The summed E-state index contributed by atoms with van der Waals surface area (Å²) in [7, 11) is 3.68. The van der Waals surface area contributed by atoms with E-state index >= 15 is 0 Å². The zero-order chi connectivity index (χ0) is 32.2. The Morgan fingerprint density at radius 3 is 1.75 bits per heavy atom. The van der Waals surface area contributed by atoms with Gasteiger partial charge in [0, 0.05) is 44.9 Å². The summed E-state index contributed by atoms with van der Waals surface area (Å²) in [5.41, 5.74) is 4.23. The summed E-state index contributed by atoms with van der Waals surface area (Å²) >= 11 is 0. The van der Waals surface area contributed by atoms with E-state index in [1.165, 1.54) is 0 Å². The largest absolute Gasteiger partial charge is 0.387 e. The van der Waals surface area contributed by atoms with Gasteiger partial charge in [-0.25, -0.2) is 0 Å². The highest BCUT2D eigenvalue weighted by atomic mass is 16.3. The summed E-state index contributed by atoms with van der Waals surface area (Å²) in [4.78, 5) is 24.3. The lowest BCUT2D eigenvalue weighted by Crippen LogP contribution is -2.34. The van der Waals surface area contributed by atoms with Crippen LogP contribution < -0.4 is 10.6 Å². The number of rotatable bonds is 14. The molecule has 2 aliphatic heterocycles. The van der Waals surface area contributed by atoms with Crippen molar-refractivity contribution in [2.45, 2.75) is 70.9 Å². The third-order valence-corrected chi connectivity index (χ3v) is 8.02. The summed E-state index contributed by atoms with van der Waals surface area (Å²) in [6.07, 6.45) is 1.45. The van der Waals surface area contributed by atoms with Crippen LogP contribution in [0.1, 0.15) is 63.9 Å². The minimum Gasteiger partial charge on any atom is -0.387 e. The first-order valence-corrected chi connectivity index (χ1v) is 15.2. The number of ketones is 2. The summed E-state index contributed by atoms with van der Waals surface area (Å²) < 4.78 is 3.44. The molecule has 5 unspecified atom stereocenters. The third kappa shape index (κ3) is 9.92. The molecule has 0 saturated heterocycles. The fourth-order valence-electron chi connectivity index (χ4n) is 5.09. The van der Waals surface area contributed by atoms with Crippen molar-refractivity contribution in [2.75, 3.05) is 33.7 Å². The van der Waals surface area contributed by atoms with E-state index in [2.05, 4.69) is 20.9 Å². The molecule has 44 heavy (non-hydrogen) atoms. The second-order valence-electron chi connectivity index (χ2n) is 11.4. The molecule has 0 aromatic heterocycles. The molecule has 4 N–H and O–H groups in total. The predicted octanol–water partition coefficient (Wildman–Crippen LogP) is 4.08. The lowest BCUT2D eigenvalue weighted by Gasteiger charge is -2.20. The second kappa shape index (κ2) is 17.0. The van der Waals surface area contributed by atoms with Crippen molar-refractivity contribution in [1.82, 2.24) is 10.6 Å². The van der Waals surface area contributed by atoms with Crippen LogP contribution in [0.25, 0.3) is 0 Å². The molecular formula is C34H48N6O4+2. The molecule has 236 valence electrons. The Morgan fingerprint density at radius 1 is 0.864 bits per heavy atom. The number of carbonyl (C=O) groups excluding carboxylic acids is 2. The van der Waals surface area contributed by atoms with Crippen molar-refractivity contribution in [3.05, 3.63) is 94.8 Å². The Labute approximate surface area is 260 Å². The highest BCUT2D eigenvalue weighted by molar-refractivity contribution is 5.96. The van der Waals surface area contributed by atoms with Crippen molar-refractivity contribution in [3.63, 3.8) is 0 Å². The monoisotopic (exact) mass is 604 g/mol. The number of Topliss-reactive ketones (excluding diaryl/α,β-unsaturated/α-hetero) is 2. The van der Waals surface area contributed by atoms with Gasteiger partial charge in [-0.3, -0.25) is 9.59 Å². The maximum Gasteiger partial charge on any atom is 0.213 e. The molecule has 2 aromatic carbocycles. The number of aliphatic hydroxyl groups is 2. The van der Waals surface area contributed by atoms with E-state index in [1.807, 2.05) is 102 Å². The van der Waals surface area contributed by atoms with Crippen LogP contribution in [0.3, 0.4) is 0 Å². The van der Waals surface area contributed by atoms with Gasteiger partial charge in [-0.2, -0.15) is 0 Å². The van der Waals surface area contributed by atoms with Crippen LogP contribution in [0.15, 0.2) is 93.9 Å². The van der Waals surface area contributed by atoms with Crippen molar-refractivity contribution in [3.8, 4) is 0 Å². The van der Waals surface area contributed by atoms with Crippen LogP contribution >= 0.6 is 0 Å². The van der Waals surface area contributed by atoms with E-state index < -0.39 is 12.2 Å². The van der Waals surface area contributed by atoms with Crippen LogP contribution in [0, 0.1) is 0 Å². The summed E-state index contributed by atoms with van der Waals surface area (Å²) in [5, 5.41) is 35.4. The molecule has 4 rings (SSSR count). The van der Waals surface area contributed by atoms with Crippen molar-refractivity contribution < 1.29 is 29.2 Å². The van der Waals surface area contributed by atoms with Crippen LogP contribution in [0.2, 0.25) is 0 Å². The molecule has 2 aromatic rings. The number of carbonyl (C=O) groups is 2. The highest BCUT2D eigenvalue weighted by Crippen LogP contribution is 2.19. The average molecular weight is 605 g/mol. The molecule has 0 fully saturated rings. The molecule has 0 saturated carbocycles. The van der Waals surface area contributed by atoms with Gasteiger partial charge in [0.1, 0.15) is 12.6 Å². The normalized spacial score (nSPS) is 18.8. The molecule has 0 radical (unpaired) electrons. The van der Waals surface area contributed by atoms with E-state index in [1.54, 1.807) is 15.6 Å². The topological polar surface area (TPSA) is 129 Å². The Morgan fingerprint density at radius 2 is 1.34 bits per heavy atom. The van der Waals surface area contributed by atoms with Crippen molar-refractivity contribution in [2.24, 2.45) is 10.2 Å². The smallest absolute Gasteiger partial charge is 0.213 e. The van der Waals surface area contributed by atoms with Gasteiger partial charge in [0.2, 0.25) is 11.9 Å². The van der Waals surface area contributed by atoms with Gasteiger partial charge in [0.05, 0.1) is 23.4 Å². The van der Waals surface area contributed by atoms with Crippen LogP contribution in [-0.2, 0) is 9.59 Å².